The fourth-order valence-electron chi connectivity index (χ4n) is 3.88. The van der Waals surface area contributed by atoms with Gasteiger partial charge in [0.1, 0.15) is 11.8 Å². The van der Waals surface area contributed by atoms with Gasteiger partial charge in [0, 0.05) is 6.54 Å². The van der Waals surface area contributed by atoms with E-state index in [2.05, 4.69) is 0 Å². The Kier molecular flexibility index (Phi) is 7.32. The van der Waals surface area contributed by atoms with Gasteiger partial charge in [-0.05, 0) is 54.8 Å². The number of aliphatic carboxylic acids is 1. The van der Waals surface area contributed by atoms with Crippen molar-refractivity contribution in [2.45, 2.75) is 18.9 Å². The molecule has 1 saturated heterocycles. The van der Waals surface area contributed by atoms with Crippen molar-refractivity contribution in [1.82, 2.24) is 4.90 Å². The van der Waals surface area contributed by atoms with Crippen molar-refractivity contribution >= 4 is 23.3 Å². The predicted octanol–water partition coefficient (Wildman–Crippen LogP) is 3.71. The van der Waals surface area contributed by atoms with Gasteiger partial charge in [-0.15, -0.1) is 0 Å². The molecule has 1 aliphatic rings. The zero-order valence-corrected chi connectivity index (χ0v) is 18.2. The lowest BCUT2D eigenvalue weighted by Crippen LogP contribution is -2.36. The van der Waals surface area contributed by atoms with E-state index in [0.717, 1.165) is 17.6 Å². The van der Waals surface area contributed by atoms with E-state index < -0.39 is 16.9 Å². The van der Waals surface area contributed by atoms with Crippen molar-refractivity contribution in [3.8, 4) is 17.2 Å². The Morgan fingerprint density at radius 1 is 1.16 bits per heavy atom. The highest BCUT2D eigenvalue weighted by atomic mass is 16.6. The van der Waals surface area contributed by atoms with E-state index in [1.165, 1.54) is 20.3 Å². The zero-order valence-electron chi connectivity index (χ0n) is 18.2. The summed E-state index contributed by atoms with van der Waals surface area (Å²) in [5, 5.41) is 21.3. The fourth-order valence-corrected chi connectivity index (χ4v) is 3.88. The molecule has 1 atom stereocenters. The van der Waals surface area contributed by atoms with E-state index in [1.807, 2.05) is 17.0 Å². The normalized spacial score (nSPS) is 16.6. The summed E-state index contributed by atoms with van der Waals surface area (Å²) < 4.78 is 15.8. The number of methoxy groups -OCH3 is 3. The molecule has 1 N–H and O–H groups in total. The number of benzene rings is 2. The van der Waals surface area contributed by atoms with E-state index in [1.54, 1.807) is 31.4 Å². The molecule has 1 aliphatic heterocycles. The second kappa shape index (κ2) is 10.1. The van der Waals surface area contributed by atoms with Gasteiger partial charge in [-0.1, -0.05) is 12.1 Å². The summed E-state index contributed by atoms with van der Waals surface area (Å²) >= 11 is 0. The maximum Gasteiger partial charge on any atom is 0.320 e. The predicted molar refractivity (Wildman–Crippen MR) is 119 cm³/mol. The fraction of sp³-hybridized carbons (Fsp3) is 0.348. The summed E-state index contributed by atoms with van der Waals surface area (Å²) in [6.07, 6.45) is 3.06. The van der Waals surface area contributed by atoms with Crippen LogP contribution in [0.5, 0.6) is 17.2 Å². The topological polar surface area (TPSA) is 111 Å². The largest absolute Gasteiger partial charge is 0.497 e. The van der Waals surface area contributed by atoms with Gasteiger partial charge in [0.15, 0.2) is 11.5 Å². The van der Waals surface area contributed by atoms with Crippen LogP contribution in [0.2, 0.25) is 0 Å². The van der Waals surface area contributed by atoms with Crippen LogP contribution in [-0.2, 0) is 4.79 Å². The number of nitro benzene ring substituents is 1. The van der Waals surface area contributed by atoms with E-state index in [-0.39, 0.29) is 11.4 Å². The third kappa shape index (κ3) is 5.00. The molecule has 0 bridgehead atoms. The Hall–Kier alpha value is -3.59. The molecule has 0 aromatic heterocycles. The average molecular weight is 442 g/mol. The van der Waals surface area contributed by atoms with E-state index in [0.29, 0.717) is 36.6 Å². The quantitative estimate of drug-likeness (QED) is 0.355. The third-order valence-electron chi connectivity index (χ3n) is 5.54. The lowest BCUT2D eigenvalue weighted by molar-refractivity contribution is -0.385. The van der Waals surface area contributed by atoms with Crippen molar-refractivity contribution < 1.29 is 29.0 Å². The highest BCUT2D eigenvalue weighted by Crippen LogP contribution is 2.37. The molecule has 9 heteroatoms. The van der Waals surface area contributed by atoms with Gasteiger partial charge in [-0.3, -0.25) is 19.8 Å². The molecule has 0 unspecified atom stereocenters. The van der Waals surface area contributed by atoms with Crippen LogP contribution in [-0.4, -0.2) is 61.4 Å². The summed E-state index contributed by atoms with van der Waals surface area (Å²) in [6.45, 7) is 0.966. The Morgan fingerprint density at radius 3 is 2.38 bits per heavy atom. The number of carboxylic acids is 1. The number of hydrogen-bond acceptors (Lipinski definition) is 7. The Bertz CT molecular complexity index is 1020. The SMILES string of the molecule is COc1ccc(/C(=C\c2cc(OC)c(OC)cc2[N+](=O)[O-])CN2CCC[C@H]2C(=O)O)cc1. The molecule has 3 rings (SSSR count). The molecular formula is C23H26N2O7. The summed E-state index contributed by atoms with van der Waals surface area (Å²) in [5.41, 5.74) is 1.76. The second-order valence-corrected chi connectivity index (χ2v) is 7.39. The molecule has 0 aliphatic carbocycles. The van der Waals surface area contributed by atoms with E-state index >= 15 is 0 Å². The minimum absolute atomic E-state index is 0.134. The van der Waals surface area contributed by atoms with Gasteiger partial charge in [0.25, 0.3) is 5.69 Å². The molecule has 32 heavy (non-hydrogen) atoms. The summed E-state index contributed by atoms with van der Waals surface area (Å²) in [5.74, 6) is 0.430. The standard InChI is InChI=1S/C23H26N2O7/c1-30-18-8-6-15(7-9-18)17(14-24-10-4-5-19(24)23(26)27)11-16-12-21(31-2)22(32-3)13-20(16)25(28)29/h6-9,11-13,19H,4-5,10,14H2,1-3H3,(H,26,27)/b17-11-/t19-/m0/s1. The van der Waals surface area contributed by atoms with Crippen LogP contribution in [0.3, 0.4) is 0 Å². The summed E-state index contributed by atoms with van der Waals surface area (Å²) in [4.78, 5) is 24.8. The van der Waals surface area contributed by atoms with E-state index in [4.69, 9.17) is 14.2 Å². The first-order valence-corrected chi connectivity index (χ1v) is 10.1. The Morgan fingerprint density at radius 2 is 1.81 bits per heavy atom. The average Bonchev–Trinajstić information content (AvgIpc) is 3.26. The van der Waals surface area contributed by atoms with Crippen molar-refractivity contribution in [1.29, 1.82) is 0 Å². The smallest absolute Gasteiger partial charge is 0.320 e. The zero-order chi connectivity index (χ0) is 23.3. The molecule has 2 aromatic carbocycles. The van der Waals surface area contributed by atoms with Crippen LogP contribution in [0.4, 0.5) is 5.69 Å². The van der Waals surface area contributed by atoms with E-state index in [9.17, 15) is 20.0 Å². The molecule has 0 spiro atoms. The molecular weight excluding hydrogens is 416 g/mol. The molecule has 0 radical (unpaired) electrons. The minimum Gasteiger partial charge on any atom is -0.497 e. The van der Waals surface area contributed by atoms with Crippen molar-refractivity contribution in [2.75, 3.05) is 34.4 Å². The van der Waals surface area contributed by atoms with Gasteiger partial charge < -0.3 is 19.3 Å². The Labute approximate surface area is 186 Å². The van der Waals surface area contributed by atoms with Gasteiger partial charge in [0.05, 0.1) is 37.9 Å². The first-order valence-electron chi connectivity index (χ1n) is 10.1. The maximum absolute atomic E-state index is 11.8. The van der Waals surface area contributed by atoms with Crippen molar-refractivity contribution in [3.05, 3.63) is 57.6 Å². The Balaban J connectivity index is 2.11. The van der Waals surface area contributed by atoms with Crippen molar-refractivity contribution in [2.24, 2.45) is 0 Å². The maximum atomic E-state index is 11.8. The first kappa shape index (κ1) is 23.1. The number of rotatable bonds is 9. The van der Waals surface area contributed by atoms with Gasteiger partial charge in [0.2, 0.25) is 0 Å². The third-order valence-corrected chi connectivity index (χ3v) is 5.54. The summed E-state index contributed by atoms with van der Waals surface area (Å²) in [6, 6.07) is 9.59. The van der Waals surface area contributed by atoms with Crippen LogP contribution < -0.4 is 14.2 Å². The monoisotopic (exact) mass is 442 g/mol. The molecule has 1 heterocycles. The van der Waals surface area contributed by atoms with Crippen LogP contribution in [0, 0.1) is 10.1 Å². The molecule has 170 valence electrons. The van der Waals surface area contributed by atoms with Gasteiger partial charge in [-0.2, -0.15) is 0 Å². The van der Waals surface area contributed by atoms with Gasteiger partial charge >= 0.3 is 5.97 Å². The number of likely N-dealkylation sites (tertiary alicyclic amines) is 1. The lowest BCUT2D eigenvalue weighted by Gasteiger charge is -2.23. The van der Waals surface area contributed by atoms with Crippen LogP contribution in [0.15, 0.2) is 36.4 Å². The second-order valence-electron chi connectivity index (χ2n) is 7.39. The molecule has 2 aromatic rings. The number of hydrogen-bond donors (Lipinski definition) is 1. The lowest BCUT2D eigenvalue weighted by atomic mass is 10.00. The number of ether oxygens (including phenoxy) is 3. The highest BCUT2D eigenvalue weighted by molar-refractivity contribution is 5.86. The van der Waals surface area contributed by atoms with Gasteiger partial charge in [-0.25, -0.2) is 0 Å². The first-order chi connectivity index (χ1) is 15.4. The molecule has 9 nitrogen and oxygen atoms in total. The van der Waals surface area contributed by atoms with Crippen LogP contribution in [0.25, 0.3) is 11.6 Å². The van der Waals surface area contributed by atoms with Crippen molar-refractivity contribution in [3.63, 3.8) is 0 Å². The number of carboxylic acid groups (broad SMARTS) is 1. The number of nitro groups is 1. The molecule has 1 fully saturated rings. The highest BCUT2D eigenvalue weighted by Gasteiger charge is 2.31. The minimum atomic E-state index is -0.867. The van der Waals surface area contributed by atoms with Crippen LogP contribution in [0.1, 0.15) is 24.0 Å². The number of nitrogens with zero attached hydrogens (tertiary/aromatic N) is 2. The molecule has 0 amide bonds. The summed E-state index contributed by atoms with van der Waals surface area (Å²) in [7, 11) is 4.45. The van der Waals surface area contributed by atoms with Crippen LogP contribution >= 0.6 is 0 Å². The number of carbonyl (C=O) groups is 1. The molecule has 0 saturated carbocycles.